The summed E-state index contributed by atoms with van der Waals surface area (Å²) in [5.74, 6) is 0. The summed E-state index contributed by atoms with van der Waals surface area (Å²) >= 11 is 7.41. The molecule has 0 spiro atoms. The lowest BCUT2D eigenvalue weighted by Crippen LogP contribution is -1.99. The van der Waals surface area contributed by atoms with Gasteiger partial charge in [0.2, 0.25) is 0 Å². The Hall–Kier alpha value is -1.10. The van der Waals surface area contributed by atoms with E-state index in [9.17, 15) is 0 Å². The molecule has 0 atom stereocenters. The standard InChI is InChI=1S/C11H10ClN3S/c12-8-2-1-3-10(4-8)16-11-7-14-9(5-13)6-15-11/h1-4,6-7H,5,13H2. The van der Waals surface area contributed by atoms with Crippen LogP contribution in [0, 0.1) is 0 Å². The van der Waals surface area contributed by atoms with Crippen molar-refractivity contribution < 1.29 is 0 Å². The first kappa shape index (κ1) is 11.4. The number of hydrogen-bond donors (Lipinski definition) is 1. The van der Waals surface area contributed by atoms with E-state index in [2.05, 4.69) is 9.97 Å². The lowest BCUT2D eigenvalue weighted by atomic mass is 10.4. The zero-order valence-electron chi connectivity index (χ0n) is 8.43. The molecule has 82 valence electrons. The van der Waals surface area contributed by atoms with Crippen LogP contribution in [0.5, 0.6) is 0 Å². The summed E-state index contributed by atoms with van der Waals surface area (Å²) in [6.07, 6.45) is 3.40. The van der Waals surface area contributed by atoms with Crippen molar-refractivity contribution in [3.05, 3.63) is 47.4 Å². The van der Waals surface area contributed by atoms with E-state index in [-0.39, 0.29) is 0 Å². The molecule has 0 amide bonds. The van der Waals surface area contributed by atoms with Crippen LogP contribution in [0.2, 0.25) is 5.02 Å². The van der Waals surface area contributed by atoms with E-state index in [1.54, 1.807) is 12.4 Å². The highest BCUT2D eigenvalue weighted by Gasteiger charge is 2.00. The average molecular weight is 252 g/mol. The Morgan fingerprint density at radius 2 is 2.12 bits per heavy atom. The van der Waals surface area contributed by atoms with Gasteiger partial charge in [0.05, 0.1) is 18.1 Å². The van der Waals surface area contributed by atoms with Gasteiger partial charge in [-0.1, -0.05) is 29.4 Å². The first-order valence-electron chi connectivity index (χ1n) is 4.72. The maximum absolute atomic E-state index is 5.89. The van der Waals surface area contributed by atoms with Crippen molar-refractivity contribution in [2.45, 2.75) is 16.5 Å². The number of nitrogens with two attached hydrogens (primary N) is 1. The van der Waals surface area contributed by atoms with Crippen LogP contribution in [0.3, 0.4) is 0 Å². The van der Waals surface area contributed by atoms with Crippen LogP contribution in [-0.4, -0.2) is 9.97 Å². The van der Waals surface area contributed by atoms with Crippen LogP contribution in [0.15, 0.2) is 46.6 Å². The first-order chi connectivity index (χ1) is 7.78. The molecular weight excluding hydrogens is 242 g/mol. The molecule has 0 unspecified atom stereocenters. The monoisotopic (exact) mass is 251 g/mol. The van der Waals surface area contributed by atoms with Crippen LogP contribution >= 0.6 is 23.4 Å². The van der Waals surface area contributed by atoms with Gasteiger partial charge < -0.3 is 5.73 Å². The van der Waals surface area contributed by atoms with Crippen LogP contribution in [0.1, 0.15) is 5.69 Å². The molecule has 0 fully saturated rings. The Morgan fingerprint density at radius 1 is 1.25 bits per heavy atom. The van der Waals surface area contributed by atoms with E-state index in [0.29, 0.717) is 6.54 Å². The molecule has 2 N–H and O–H groups in total. The molecule has 0 saturated carbocycles. The highest BCUT2D eigenvalue weighted by molar-refractivity contribution is 7.99. The smallest absolute Gasteiger partial charge is 0.119 e. The molecule has 0 bridgehead atoms. The van der Waals surface area contributed by atoms with Crippen LogP contribution in [0.4, 0.5) is 0 Å². The van der Waals surface area contributed by atoms with Crippen molar-refractivity contribution in [3.63, 3.8) is 0 Å². The summed E-state index contributed by atoms with van der Waals surface area (Å²) in [4.78, 5) is 9.47. The molecule has 2 rings (SSSR count). The molecule has 3 nitrogen and oxygen atoms in total. The highest BCUT2D eigenvalue weighted by Crippen LogP contribution is 2.27. The zero-order chi connectivity index (χ0) is 11.4. The predicted molar refractivity (Wildman–Crippen MR) is 65.5 cm³/mol. The second-order valence-corrected chi connectivity index (χ2v) is 4.64. The van der Waals surface area contributed by atoms with Crippen molar-refractivity contribution in [1.29, 1.82) is 0 Å². The molecule has 0 aliphatic heterocycles. The fourth-order valence-electron chi connectivity index (χ4n) is 1.15. The summed E-state index contributed by atoms with van der Waals surface area (Å²) in [5.41, 5.74) is 6.23. The minimum absolute atomic E-state index is 0.412. The largest absolute Gasteiger partial charge is 0.325 e. The van der Waals surface area contributed by atoms with Gasteiger partial charge in [0, 0.05) is 16.5 Å². The second-order valence-electron chi connectivity index (χ2n) is 3.11. The molecule has 0 aliphatic rings. The predicted octanol–water partition coefficient (Wildman–Crippen LogP) is 2.74. The molecule has 0 radical (unpaired) electrons. The Bertz CT molecular complexity index is 473. The van der Waals surface area contributed by atoms with Crippen LogP contribution < -0.4 is 5.73 Å². The molecule has 1 aromatic heterocycles. The topological polar surface area (TPSA) is 51.8 Å². The molecule has 1 aromatic carbocycles. The third-order valence-corrected chi connectivity index (χ3v) is 3.05. The molecule has 0 aliphatic carbocycles. The van der Waals surface area contributed by atoms with Crippen molar-refractivity contribution in [1.82, 2.24) is 9.97 Å². The van der Waals surface area contributed by atoms with Crippen LogP contribution in [0.25, 0.3) is 0 Å². The van der Waals surface area contributed by atoms with Gasteiger partial charge >= 0.3 is 0 Å². The number of nitrogens with zero attached hydrogens (tertiary/aromatic N) is 2. The van der Waals surface area contributed by atoms with E-state index in [1.807, 2.05) is 24.3 Å². The summed E-state index contributed by atoms with van der Waals surface area (Å²) in [5, 5.41) is 1.55. The maximum atomic E-state index is 5.89. The number of benzene rings is 1. The van der Waals surface area contributed by atoms with Gasteiger partial charge in [-0.15, -0.1) is 0 Å². The highest BCUT2D eigenvalue weighted by atomic mass is 35.5. The van der Waals surface area contributed by atoms with E-state index in [4.69, 9.17) is 17.3 Å². The van der Waals surface area contributed by atoms with Gasteiger partial charge in [0.15, 0.2) is 0 Å². The number of hydrogen-bond acceptors (Lipinski definition) is 4. The van der Waals surface area contributed by atoms with E-state index >= 15 is 0 Å². The van der Waals surface area contributed by atoms with E-state index in [1.165, 1.54) is 11.8 Å². The second kappa shape index (κ2) is 5.30. The molecule has 0 saturated heterocycles. The van der Waals surface area contributed by atoms with Crippen LogP contribution in [-0.2, 0) is 6.54 Å². The van der Waals surface area contributed by atoms with Gasteiger partial charge in [-0.05, 0) is 18.2 Å². The fourth-order valence-corrected chi connectivity index (χ4v) is 2.19. The normalized spacial score (nSPS) is 10.4. The molecule has 1 heterocycles. The third-order valence-electron chi connectivity index (χ3n) is 1.91. The Balaban J connectivity index is 2.14. The van der Waals surface area contributed by atoms with Crippen molar-refractivity contribution in [2.75, 3.05) is 0 Å². The lowest BCUT2D eigenvalue weighted by molar-refractivity contribution is 0.923. The SMILES string of the molecule is NCc1cnc(Sc2cccc(Cl)c2)cn1. The van der Waals surface area contributed by atoms with Crippen molar-refractivity contribution in [2.24, 2.45) is 5.73 Å². The van der Waals surface area contributed by atoms with Crippen molar-refractivity contribution in [3.8, 4) is 0 Å². The minimum atomic E-state index is 0.412. The van der Waals surface area contributed by atoms with Gasteiger partial charge in [-0.3, -0.25) is 4.98 Å². The Labute approximate surface area is 103 Å². The number of aromatic nitrogens is 2. The summed E-state index contributed by atoms with van der Waals surface area (Å²) in [7, 11) is 0. The Morgan fingerprint density at radius 3 is 2.75 bits per heavy atom. The van der Waals surface area contributed by atoms with Crippen molar-refractivity contribution >= 4 is 23.4 Å². The van der Waals surface area contributed by atoms with Gasteiger partial charge in [-0.2, -0.15) is 0 Å². The third kappa shape index (κ3) is 2.95. The van der Waals surface area contributed by atoms with Gasteiger partial charge in [0.25, 0.3) is 0 Å². The lowest BCUT2D eigenvalue weighted by Gasteiger charge is -2.01. The molecule has 16 heavy (non-hydrogen) atoms. The van der Waals surface area contributed by atoms with Gasteiger partial charge in [-0.25, -0.2) is 4.98 Å². The molecule has 5 heteroatoms. The van der Waals surface area contributed by atoms with E-state index in [0.717, 1.165) is 20.6 Å². The summed E-state index contributed by atoms with van der Waals surface area (Å²) in [6.45, 7) is 0.412. The Kier molecular flexibility index (Phi) is 3.77. The first-order valence-corrected chi connectivity index (χ1v) is 5.92. The zero-order valence-corrected chi connectivity index (χ0v) is 10.0. The number of halogens is 1. The average Bonchev–Trinajstić information content (AvgIpc) is 2.30. The molecule has 2 aromatic rings. The molecular formula is C11H10ClN3S. The maximum Gasteiger partial charge on any atom is 0.119 e. The minimum Gasteiger partial charge on any atom is -0.325 e. The number of rotatable bonds is 3. The van der Waals surface area contributed by atoms with Gasteiger partial charge in [0.1, 0.15) is 5.03 Å². The van der Waals surface area contributed by atoms with E-state index < -0.39 is 0 Å². The fraction of sp³-hybridized carbons (Fsp3) is 0.0909. The summed E-state index contributed by atoms with van der Waals surface area (Å²) in [6, 6.07) is 7.63. The quantitative estimate of drug-likeness (QED) is 0.911. The summed E-state index contributed by atoms with van der Waals surface area (Å²) < 4.78 is 0.